The zero-order valence-corrected chi connectivity index (χ0v) is 15.8. The minimum absolute atomic E-state index is 0.401. The van der Waals surface area contributed by atoms with Crippen LogP contribution >= 0.6 is 0 Å². The summed E-state index contributed by atoms with van der Waals surface area (Å²) in [5.41, 5.74) is 1.34. The molecule has 1 spiro atoms. The summed E-state index contributed by atoms with van der Waals surface area (Å²) in [6.07, 6.45) is -5.26. The quantitative estimate of drug-likeness (QED) is 0.718. The number of nitrogens with zero attached hydrogens (tertiary/aromatic N) is 2. The number of halogens is 3. The van der Waals surface area contributed by atoms with Crippen molar-refractivity contribution in [3.8, 4) is 5.75 Å². The summed E-state index contributed by atoms with van der Waals surface area (Å²) in [5.74, 6) is -2.87. The number of primary amides is 1. The zero-order chi connectivity index (χ0) is 21.8. The number of nitrogens with one attached hydrogen (secondary N) is 1. The molecule has 3 N–H and O–H groups in total. The van der Waals surface area contributed by atoms with E-state index in [4.69, 9.17) is 15.2 Å². The van der Waals surface area contributed by atoms with E-state index < -0.39 is 71.4 Å². The van der Waals surface area contributed by atoms with Crippen molar-refractivity contribution >= 4 is 23.7 Å². The lowest BCUT2D eigenvalue weighted by atomic mass is 9.96. The van der Waals surface area contributed by atoms with E-state index in [0.29, 0.717) is 6.07 Å². The van der Waals surface area contributed by atoms with Crippen LogP contribution in [0, 0.1) is 0 Å². The first-order valence-corrected chi connectivity index (χ1v) is 8.59. The topological polar surface area (TPSA) is 124 Å². The van der Waals surface area contributed by atoms with Crippen molar-refractivity contribution in [2.24, 2.45) is 5.73 Å². The molecule has 1 aromatic rings. The van der Waals surface area contributed by atoms with Crippen LogP contribution in [-0.4, -0.2) is 51.6 Å². The molecule has 3 heterocycles. The Balaban J connectivity index is 2.00. The number of nitrogens with two attached hydrogens (primary N) is 1. The van der Waals surface area contributed by atoms with Crippen LogP contribution in [-0.2, 0) is 20.5 Å². The number of aromatic nitrogens is 1. The molecule has 3 amide bonds. The molecule has 9 nitrogen and oxygen atoms in total. The van der Waals surface area contributed by atoms with Crippen LogP contribution in [0.15, 0.2) is 12.3 Å². The van der Waals surface area contributed by atoms with Gasteiger partial charge in [0, 0.05) is 12.6 Å². The Hall–Kier alpha value is -3.05. The third-order valence-electron chi connectivity index (χ3n) is 4.43. The Kier molecular flexibility index (Phi) is 4.63. The lowest BCUT2D eigenvalue weighted by molar-refractivity contribution is -0.143. The molecule has 2 aliphatic rings. The molecular formula is C17H19F3N4O5. The molecule has 0 aliphatic carbocycles. The highest BCUT2D eigenvalue weighted by Crippen LogP contribution is 2.46. The van der Waals surface area contributed by atoms with E-state index in [1.54, 1.807) is 20.8 Å². The molecule has 0 unspecified atom stereocenters. The predicted molar refractivity (Wildman–Crippen MR) is 91.8 cm³/mol. The number of carbonyl (C=O) groups excluding carboxylic acids is 3. The minimum atomic E-state index is -4.77. The Morgan fingerprint density at radius 1 is 1.38 bits per heavy atom. The fourth-order valence-electron chi connectivity index (χ4n) is 3.20. The van der Waals surface area contributed by atoms with Crippen LogP contribution in [0.2, 0.25) is 0 Å². The molecule has 0 saturated carbocycles. The number of carbonyl (C=O) groups is 3. The van der Waals surface area contributed by atoms with Crippen LogP contribution in [0.1, 0.15) is 32.8 Å². The molecule has 0 aromatic carbocycles. The second-order valence-corrected chi connectivity index (χ2v) is 7.82. The van der Waals surface area contributed by atoms with Crippen LogP contribution in [0.5, 0.6) is 5.75 Å². The molecule has 0 bridgehead atoms. The summed E-state index contributed by atoms with van der Waals surface area (Å²) < 4.78 is 50.8. The largest absolute Gasteiger partial charge is 0.471 e. The Labute approximate surface area is 163 Å². The lowest BCUT2D eigenvalue weighted by Gasteiger charge is -2.34. The summed E-state index contributed by atoms with van der Waals surface area (Å²) in [5, 5.41) is 2.27. The number of alkyl halides is 3. The zero-order valence-electron chi connectivity index (χ0n) is 15.8. The molecule has 1 saturated heterocycles. The molecule has 1 fully saturated rings. The summed E-state index contributed by atoms with van der Waals surface area (Å²) in [6, 6.07) is -0.598. The van der Waals surface area contributed by atoms with Gasteiger partial charge in [-0.05, 0) is 26.8 Å². The van der Waals surface area contributed by atoms with Gasteiger partial charge in [-0.15, -0.1) is 0 Å². The molecule has 3 rings (SSSR count). The number of hydrogen-bond acceptors (Lipinski definition) is 6. The number of ether oxygens (including phenoxy) is 2. The fourth-order valence-corrected chi connectivity index (χ4v) is 3.20. The van der Waals surface area contributed by atoms with E-state index in [2.05, 4.69) is 10.3 Å². The summed E-state index contributed by atoms with van der Waals surface area (Å²) in [7, 11) is 0. The number of fused-ring (bicyclic) bond motifs is 1. The third kappa shape index (κ3) is 3.78. The lowest BCUT2D eigenvalue weighted by Crippen LogP contribution is -2.53. The van der Waals surface area contributed by atoms with Crippen LogP contribution < -0.4 is 15.8 Å². The molecule has 2 atom stereocenters. The van der Waals surface area contributed by atoms with Gasteiger partial charge in [0.1, 0.15) is 17.2 Å². The molecule has 1 aromatic heterocycles. The van der Waals surface area contributed by atoms with Gasteiger partial charge in [-0.2, -0.15) is 13.2 Å². The minimum Gasteiger partial charge on any atom is -0.471 e. The smallest absolute Gasteiger partial charge is 0.420 e. The SMILES string of the molecule is CC(C)(C)OC(=O)N1C[C@@]2(C[C@H]1C(N)=O)Oc1c(C(F)(F)F)ccnc1NC2=O. The van der Waals surface area contributed by atoms with Gasteiger partial charge in [-0.1, -0.05) is 0 Å². The third-order valence-corrected chi connectivity index (χ3v) is 4.43. The second kappa shape index (κ2) is 6.49. The normalized spacial score (nSPS) is 24.0. The van der Waals surface area contributed by atoms with Crippen molar-refractivity contribution in [1.82, 2.24) is 9.88 Å². The standard InChI is InChI=1S/C17H19F3N4O5/c1-15(2,3)29-14(27)24-7-16(6-9(24)11(21)25)13(26)23-12-10(28-16)8(4-5-22-12)17(18,19)20/h4-5,9H,6-7H2,1-3H3,(H2,21,25)(H,22,23,26)/t9-,16+/m0/s1. The first-order valence-electron chi connectivity index (χ1n) is 8.59. The number of pyridine rings is 1. The summed E-state index contributed by atoms with van der Waals surface area (Å²) in [6.45, 7) is 4.26. The monoisotopic (exact) mass is 416 g/mol. The van der Waals surface area contributed by atoms with E-state index in [9.17, 15) is 27.6 Å². The van der Waals surface area contributed by atoms with Gasteiger partial charge in [-0.3, -0.25) is 14.5 Å². The van der Waals surface area contributed by atoms with Gasteiger partial charge in [0.15, 0.2) is 11.6 Å². The maximum atomic E-state index is 13.4. The second-order valence-electron chi connectivity index (χ2n) is 7.82. The van der Waals surface area contributed by atoms with Crippen molar-refractivity contribution in [1.29, 1.82) is 0 Å². The maximum Gasteiger partial charge on any atom is 0.420 e. The first-order chi connectivity index (χ1) is 13.2. The molecule has 12 heteroatoms. The van der Waals surface area contributed by atoms with Gasteiger partial charge in [0.2, 0.25) is 11.5 Å². The summed E-state index contributed by atoms with van der Waals surface area (Å²) in [4.78, 5) is 41.6. The molecule has 29 heavy (non-hydrogen) atoms. The van der Waals surface area contributed by atoms with Crippen molar-refractivity contribution in [3.05, 3.63) is 17.8 Å². The van der Waals surface area contributed by atoms with Gasteiger partial charge in [0.05, 0.1) is 6.54 Å². The van der Waals surface area contributed by atoms with Gasteiger partial charge in [0.25, 0.3) is 5.91 Å². The maximum absolute atomic E-state index is 13.4. The highest BCUT2D eigenvalue weighted by atomic mass is 19.4. The Bertz CT molecular complexity index is 883. The van der Waals surface area contributed by atoms with Crippen LogP contribution in [0.3, 0.4) is 0 Å². The highest BCUT2D eigenvalue weighted by Gasteiger charge is 2.58. The summed E-state index contributed by atoms with van der Waals surface area (Å²) >= 11 is 0. The molecule has 0 radical (unpaired) electrons. The van der Waals surface area contributed by atoms with E-state index in [1.165, 1.54) is 0 Å². The van der Waals surface area contributed by atoms with E-state index in [-0.39, 0.29) is 0 Å². The fraction of sp³-hybridized carbons (Fsp3) is 0.529. The first kappa shape index (κ1) is 20.7. The average molecular weight is 416 g/mol. The van der Waals surface area contributed by atoms with Gasteiger partial charge in [-0.25, -0.2) is 9.78 Å². The van der Waals surface area contributed by atoms with Crippen molar-refractivity contribution in [2.45, 2.75) is 50.6 Å². The number of likely N-dealkylation sites (tertiary alicyclic amines) is 1. The van der Waals surface area contributed by atoms with Crippen molar-refractivity contribution in [3.63, 3.8) is 0 Å². The predicted octanol–water partition coefficient (Wildman–Crippen LogP) is 1.66. The number of amides is 3. The van der Waals surface area contributed by atoms with E-state index in [1.807, 2.05) is 0 Å². The molecule has 158 valence electrons. The molecule has 2 aliphatic heterocycles. The Morgan fingerprint density at radius 3 is 2.59 bits per heavy atom. The van der Waals surface area contributed by atoms with Gasteiger partial charge >= 0.3 is 12.3 Å². The molecular weight excluding hydrogens is 397 g/mol. The highest BCUT2D eigenvalue weighted by molar-refractivity contribution is 6.02. The van der Waals surface area contributed by atoms with E-state index in [0.717, 1.165) is 11.1 Å². The number of rotatable bonds is 1. The van der Waals surface area contributed by atoms with Crippen LogP contribution in [0.25, 0.3) is 0 Å². The van der Waals surface area contributed by atoms with Crippen molar-refractivity contribution < 1.29 is 37.0 Å². The number of anilines is 1. The van der Waals surface area contributed by atoms with Gasteiger partial charge < -0.3 is 20.5 Å². The van der Waals surface area contributed by atoms with Crippen LogP contribution in [0.4, 0.5) is 23.8 Å². The average Bonchev–Trinajstić information content (AvgIpc) is 2.94. The van der Waals surface area contributed by atoms with E-state index >= 15 is 0 Å². The van der Waals surface area contributed by atoms with Crippen molar-refractivity contribution in [2.75, 3.05) is 11.9 Å². The number of hydrogen-bond donors (Lipinski definition) is 2. The Morgan fingerprint density at radius 2 is 2.03 bits per heavy atom.